The molecule has 0 aromatic heterocycles. The van der Waals surface area contributed by atoms with Gasteiger partial charge in [-0.05, 0) is 30.2 Å². The van der Waals surface area contributed by atoms with Gasteiger partial charge in [-0.15, -0.1) is 0 Å². The van der Waals surface area contributed by atoms with Gasteiger partial charge in [-0.25, -0.2) is 4.39 Å². The lowest BCUT2D eigenvalue weighted by atomic mass is 10.1. The molecule has 100 valence electrons. The van der Waals surface area contributed by atoms with Gasteiger partial charge >= 0.3 is 0 Å². The third kappa shape index (κ3) is 3.56. The summed E-state index contributed by atoms with van der Waals surface area (Å²) in [6.45, 7) is 2.59. The molecule has 0 bridgehead atoms. The van der Waals surface area contributed by atoms with Gasteiger partial charge in [0, 0.05) is 17.1 Å². The Labute approximate surface area is 125 Å². The number of nitrogens with one attached hydrogen (secondary N) is 1. The largest absolute Gasteiger partial charge is 0.306 e. The normalized spacial score (nSPS) is 12.4. The summed E-state index contributed by atoms with van der Waals surface area (Å²) in [5, 5.41) is 3.53. The number of hydrogen-bond donors (Lipinski definition) is 1. The zero-order valence-electron chi connectivity index (χ0n) is 10.5. The van der Waals surface area contributed by atoms with Gasteiger partial charge in [-0.1, -0.05) is 57.9 Å². The van der Waals surface area contributed by atoms with Gasteiger partial charge in [-0.2, -0.15) is 0 Å². The van der Waals surface area contributed by atoms with E-state index in [-0.39, 0.29) is 16.9 Å². The van der Waals surface area contributed by atoms with E-state index in [2.05, 4.69) is 34.2 Å². The van der Waals surface area contributed by atoms with Gasteiger partial charge in [-0.3, -0.25) is 0 Å². The van der Waals surface area contributed by atoms with E-state index < -0.39 is 0 Å². The van der Waals surface area contributed by atoms with Crippen LogP contribution in [0.2, 0.25) is 5.02 Å². The van der Waals surface area contributed by atoms with E-state index in [0.717, 1.165) is 15.6 Å². The van der Waals surface area contributed by atoms with Crippen LogP contribution in [-0.2, 0) is 6.54 Å². The fourth-order valence-electron chi connectivity index (χ4n) is 1.88. The highest BCUT2D eigenvalue weighted by molar-refractivity contribution is 9.10. The Morgan fingerprint density at radius 1 is 1.21 bits per heavy atom. The zero-order valence-corrected chi connectivity index (χ0v) is 12.8. The number of rotatable bonds is 4. The molecular weight excluding hydrogens is 329 g/mol. The highest BCUT2D eigenvalue weighted by Crippen LogP contribution is 2.24. The Hall–Kier alpha value is -0.900. The molecule has 2 aromatic carbocycles. The van der Waals surface area contributed by atoms with Crippen molar-refractivity contribution in [1.82, 2.24) is 5.32 Å². The second-order valence-electron chi connectivity index (χ2n) is 4.34. The van der Waals surface area contributed by atoms with Crippen molar-refractivity contribution in [1.29, 1.82) is 0 Å². The monoisotopic (exact) mass is 341 g/mol. The van der Waals surface area contributed by atoms with Crippen molar-refractivity contribution in [3.05, 3.63) is 68.9 Å². The summed E-state index contributed by atoms with van der Waals surface area (Å²) in [5.41, 5.74) is 1.93. The first-order valence-electron chi connectivity index (χ1n) is 6.00. The summed E-state index contributed by atoms with van der Waals surface area (Å²) in [4.78, 5) is 0. The fourth-order valence-corrected chi connectivity index (χ4v) is 2.71. The molecule has 2 rings (SSSR count). The topological polar surface area (TPSA) is 12.0 Å². The molecule has 2 aromatic rings. The quantitative estimate of drug-likeness (QED) is 0.816. The van der Waals surface area contributed by atoms with E-state index in [9.17, 15) is 4.39 Å². The fraction of sp³-hybridized carbons (Fsp3) is 0.200. The van der Waals surface area contributed by atoms with E-state index in [1.54, 1.807) is 6.07 Å². The average molecular weight is 343 g/mol. The third-order valence-electron chi connectivity index (χ3n) is 3.00. The molecule has 0 spiro atoms. The van der Waals surface area contributed by atoms with Crippen molar-refractivity contribution in [2.24, 2.45) is 0 Å². The van der Waals surface area contributed by atoms with E-state index in [0.29, 0.717) is 6.54 Å². The van der Waals surface area contributed by atoms with Crippen LogP contribution in [0.25, 0.3) is 0 Å². The maximum Gasteiger partial charge on any atom is 0.142 e. The van der Waals surface area contributed by atoms with E-state index >= 15 is 0 Å². The van der Waals surface area contributed by atoms with Gasteiger partial charge in [0.15, 0.2) is 0 Å². The summed E-state index contributed by atoms with van der Waals surface area (Å²) < 4.78 is 14.4. The van der Waals surface area contributed by atoms with E-state index in [1.807, 2.05) is 24.3 Å². The van der Waals surface area contributed by atoms with Crippen molar-refractivity contribution in [2.75, 3.05) is 0 Å². The van der Waals surface area contributed by atoms with Crippen LogP contribution in [0.1, 0.15) is 24.1 Å². The number of halogens is 3. The first-order chi connectivity index (χ1) is 9.09. The molecule has 0 saturated heterocycles. The van der Waals surface area contributed by atoms with Gasteiger partial charge < -0.3 is 5.32 Å². The molecular formula is C15H14BrClFN. The molecule has 0 heterocycles. The molecule has 0 saturated carbocycles. The highest BCUT2D eigenvalue weighted by Gasteiger charge is 2.10. The minimum Gasteiger partial charge on any atom is -0.306 e. The van der Waals surface area contributed by atoms with Crippen molar-refractivity contribution in [3.63, 3.8) is 0 Å². The summed E-state index contributed by atoms with van der Waals surface area (Å²) >= 11 is 9.45. The van der Waals surface area contributed by atoms with Crippen LogP contribution >= 0.6 is 27.5 Å². The Kier molecular flexibility index (Phi) is 4.97. The van der Waals surface area contributed by atoms with Crippen molar-refractivity contribution >= 4 is 27.5 Å². The van der Waals surface area contributed by atoms with Gasteiger partial charge in [0.2, 0.25) is 0 Å². The molecule has 1 atom stereocenters. The second kappa shape index (κ2) is 6.51. The minimum absolute atomic E-state index is 0.148. The SMILES string of the molecule is C[C@@H](NCc1cccc(F)c1Cl)c1ccccc1Br. The van der Waals surface area contributed by atoms with Crippen LogP contribution < -0.4 is 5.32 Å². The summed E-state index contributed by atoms with van der Waals surface area (Å²) in [7, 11) is 0. The summed E-state index contributed by atoms with van der Waals surface area (Å²) in [6.07, 6.45) is 0. The molecule has 19 heavy (non-hydrogen) atoms. The van der Waals surface area contributed by atoms with E-state index in [1.165, 1.54) is 6.07 Å². The zero-order chi connectivity index (χ0) is 13.8. The Morgan fingerprint density at radius 3 is 2.68 bits per heavy atom. The van der Waals surface area contributed by atoms with Crippen LogP contribution in [-0.4, -0.2) is 0 Å². The van der Waals surface area contributed by atoms with Crippen molar-refractivity contribution in [2.45, 2.75) is 19.5 Å². The maximum atomic E-state index is 13.3. The Bertz CT molecular complexity index is 574. The number of benzene rings is 2. The first-order valence-corrected chi connectivity index (χ1v) is 7.17. The molecule has 0 amide bonds. The molecule has 0 aliphatic rings. The van der Waals surface area contributed by atoms with Crippen LogP contribution in [0.15, 0.2) is 46.9 Å². The van der Waals surface area contributed by atoms with Crippen LogP contribution in [0.4, 0.5) is 4.39 Å². The number of hydrogen-bond acceptors (Lipinski definition) is 1. The standard InChI is InChI=1S/C15H14BrClFN/c1-10(12-6-2-3-7-13(12)16)19-9-11-5-4-8-14(18)15(11)17/h2-8,10,19H,9H2,1H3/t10-/m1/s1. The highest BCUT2D eigenvalue weighted by atomic mass is 79.9. The average Bonchev–Trinajstić information content (AvgIpc) is 2.40. The Balaban J connectivity index is 2.07. The van der Waals surface area contributed by atoms with Gasteiger partial charge in [0.25, 0.3) is 0 Å². The third-order valence-corrected chi connectivity index (χ3v) is 4.15. The summed E-state index contributed by atoms with van der Waals surface area (Å²) in [6, 6.07) is 13.0. The lowest BCUT2D eigenvalue weighted by molar-refractivity contribution is 0.568. The van der Waals surface area contributed by atoms with E-state index in [4.69, 9.17) is 11.6 Å². The minimum atomic E-state index is -0.380. The van der Waals surface area contributed by atoms with Crippen molar-refractivity contribution in [3.8, 4) is 0 Å². The van der Waals surface area contributed by atoms with Crippen LogP contribution in [0, 0.1) is 5.82 Å². The molecule has 0 fully saturated rings. The molecule has 0 unspecified atom stereocenters. The smallest absolute Gasteiger partial charge is 0.142 e. The van der Waals surface area contributed by atoms with Crippen LogP contribution in [0.3, 0.4) is 0 Å². The lowest BCUT2D eigenvalue weighted by Gasteiger charge is -2.16. The predicted octanol–water partition coefficient (Wildman–Crippen LogP) is 5.09. The molecule has 0 aliphatic carbocycles. The predicted molar refractivity (Wildman–Crippen MR) is 80.8 cm³/mol. The Morgan fingerprint density at radius 2 is 1.95 bits per heavy atom. The molecule has 1 nitrogen and oxygen atoms in total. The molecule has 4 heteroatoms. The lowest BCUT2D eigenvalue weighted by Crippen LogP contribution is -2.18. The van der Waals surface area contributed by atoms with Gasteiger partial charge in [0.05, 0.1) is 5.02 Å². The van der Waals surface area contributed by atoms with Crippen molar-refractivity contribution < 1.29 is 4.39 Å². The van der Waals surface area contributed by atoms with Crippen LogP contribution in [0.5, 0.6) is 0 Å². The maximum absolute atomic E-state index is 13.3. The summed E-state index contributed by atoms with van der Waals surface area (Å²) in [5.74, 6) is -0.380. The van der Waals surface area contributed by atoms with Gasteiger partial charge in [0.1, 0.15) is 5.82 Å². The first kappa shape index (κ1) is 14.5. The molecule has 0 radical (unpaired) electrons. The molecule has 0 aliphatic heterocycles. The second-order valence-corrected chi connectivity index (χ2v) is 5.57. The molecule has 1 N–H and O–H groups in total.